The van der Waals surface area contributed by atoms with Gasteiger partial charge in [-0.3, -0.25) is 4.79 Å². The first-order chi connectivity index (χ1) is 11.2. The van der Waals surface area contributed by atoms with Crippen molar-refractivity contribution in [1.82, 2.24) is 5.32 Å². The molecule has 0 heterocycles. The molecular formula is C15H17F6NO3. The Labute approximate surface area is 139 Å². The van der Waals surface area contributed by atoms with Crippen LogP contribution in [-0.4, -0.2) is 35.6 Å². The van der Waals surface area contributed by atoms with Crippen LogP contribution in [0.3, 0.4) is 0 Å². The van der Waals surface area contributed by atoms with Crippen molar-refractivity contribution in [2.75, 3.05) is 6.61 Å². The van der Waals surface area contributed by atoms with E-state index in [4.69, 9.17) is 0 Å². The molecule has 0 unspecified atom stereocenters. The van der Waals surface area contributed by atoms with Gasteiger partial charge >= 0.3 is 12.4 Å². The maximum Gasteiger partial charge on any atom is 0.422 e. The summed E-state index contributed by atoms with van der Waals surface area (Å²) in [7, 11) is 0. The summed E-state index contributed by atoms with van der Waals surface area (Å²) in [5.74, 6) is -1.16. The van der Waals surface area contributed by atoms with E-state index < -0.39 is 42.9 Å². The van der Waals surface area contributed by atoms with E-state index in [9.17, 15) is 36.2 Å². The van der Waals surface area contributed by atoms with Crippen LogP contribution in [0.15, 0.2) is 24.3 Å². The molecule has 0 saturated heterocycles. The molecule has 0 saturated carbocycles. The minimum atomic E-state index is -4.97. The second-order valence-electron chi connectivity index (χ2n) is 5.71. The number of ether oxygens (including phenoxy) is 1. The molecule has 142 valence electrons. The standard InChI is InChI=1S/C15H17F6NO3/c1-9(22-12(23)7-13(2,24)15(19,20)21)10-4-3-5-11(6-10)25-8-14(16,17)18/h3-6,9,24H,7-8H2,1-2H3,(H,22,23)/t9-,13+/m0/s1. The van der Waals surface area contributed by atoms with Gasteiger partial charge in [-0.2, -0.15) is 26.3 Å². The molecule has 10 heteroatoms. The van der Waals surface area contributed by atoms with Gasteiger partial charge in [0.05, 0.1) is 12.5 Å². The number of nitrogens with one attached hydrogen (secondary N) is 1. The van der Waals surface area contributed by atoms with E-state index in [0.717, 1.165) is 0 Å². The van der Waals surface area contributed by atoms with Crippen LogP contribution < -0.4 is 10.1 Å². The molecule has 1 aromatic rings. The van der Waals surface area contributed by atoms with Gasteiger partial charge in [-0.25, -0.2) is 0 Å². The van der Waals surface area contributed by atoms with E-state index in [1.807, 2.05) is 0 Å². The van der Waals surface area contributed by atoms with Crippen molar-refractivity contribution in [1.29, 1.82) is 0 Å². The maximum atomic E-state index is 12.5. The second kappa shape index (κ2) is 7.51. The van der Waals surface area contributed by atoms with E-state index in [1.165, 1.54) is 31.2 Å². The van der Waals surface area contributed by atoms with Gasteiger partial charge in [-0.05, 0) is 31.5 Å². The molecule has 1 amide bonds. The van der Waals surface area contributed by atoms with Crippen molar-refractivity contribution in [2.24, 2.45) is 0 Å². The largest absolute Gasteiger partial charge is 0.484 e. The molecule has 1 rings (SSSR count). The molecule has 0 bridgehead atoms. The Balaban J connectivity index is 2.71. The number of aliphatic hydroxyl groups is 1. The first kappa shape index (κ1) is 21.1. The fraction of sp³-hybridized carbons (Fsp3) is 0.533. The highest BCUT2D eigenvalue weighted by Crippen LogP contribution is 2.32. The van der Waals surface area contributed by atoms with Gasteiger partial charge in [-0.15, -0.1) is 0 Å². The Hall–Kier alpha value is -1.97. The zero-order valence-corrected chi connectivity index (χ0v) is 13.3. The van der Waals surface area contributed by atoms with Gasteiger partial charge in [0.1, 0.15) is 5.75 Å². The topological polar surface area (TPSA) is 58.6 Å². The van der Waals surface area contributed by atoms with Crippen LogP contribution in [0.1, 0.15) is 31.9 Å². The maximum absolute atomic E-state index is 12.5. The van der Waals surface area contributed by atoms with Gasteiger partial charge in [0.15, 0.2) is 12.2 Å². The highest BCUT2D eigenvalue weighted by atomic mass is 19.4. The summed E-state index contributed by atoms with van der Waals surface area (Å²) in [4.78, 5) is 11.7. The number of benzene rings is 1. The van der Waals surface area contributed by atoms with Crippen LogP contribution in [0.2, 0.25) is 0 Å². The van der Waals surface area contributed by atoms with E-state index in [-0.39, 0.29) is 5.75 Å². The van der Waals surface area contributed by atoms with E-state index >= 15 is 0 Å². The Morgan fingerprint density at radius 1 is 1.24 bits per heavy atom. The lowest BCUT2D eigenvalue weighted by Gasteiger charge is -2.26. The van der Waals surface area contributed by atoms with Gasteiger partial charge in [-0.1, -0.05) is 12.1 Å². The number of hydrogen-bond donors (Lipinski definition) is 2. The van der Waals surface area contributed by atoms with Crippen LogP contribution >= 0.6 is 0 Å². The van der Waals surface area contributed by atoms with Crippen molar-refractivity contribution in [3.8, 4) is 5.75 Å². The van der Waals surface area contributed by atoms with E-state index in [2.05, 4.69) is 10.1 Å². The molecule has 0 spiro atoms. The van der Waals surface area contributed by atoms with Crippen LogP contribution in [0, 0.1) is 0 Å². The molecule has 0 radical (unpaired) electrons. The lowest BCUT2D eigenvalue weighted by Crippen LogP contribution is -2.46. The fourth-order valence-corrected chi connectivity index (χ4v) is 1.83. The predicted molar refractivity (Wildman–Crippen MR) is 75.8 cm³/mol. The van der Waals surface area contributed by atoms with Crippen molar-refractivity contribution in [3.05, 3.63) is 29.8 Å². The van der Waals surface area contributed by atoms with Crippen molar-refractivity contribution in [3.63, 3.8) is 0 Å². The number of carbonyl (C=O) groups is 1. The average Bonchev–Trinajstić information content (AvgIpc) is 2.42. The number of alkyl halides is 6. The van der Waals surface area contributed by atoms with Crippen LogP contribution in [0.5, 0.6) is 5.75 Å². The minimum absolute atomic E-state index is 0.0989. The normalized spacial score (nSPS) is 16.0. The van der Waals surface area contributed by atoms with E-state index in [0.29, 0.717) is 12.5 Å². The number of rotatable bonds is 6. The molecule has 2 N–H and O–H groups in total. The van der Waals surface area contributed by atoms with E-state index in [1.54, 1.807) is 0 Å². The highest BCUT2D eigenvalue weighted by Gasteiger charge is 2.51. The Morgan fingerprint density at radius 3 is 2.36 bits per heavy atom. The van der Waals surface area contributed by atoms with Crippen LogP contribution in [0.25, 0.3) is 0 Å². The molecule has 4 nitrogen and oxygen atoms in total. The second-order valence-corrected chi connectivity index (χ2v) is 5.71. The number of carbonyl (C=O) groups excluding carboxylic acids is 1. The molecule has 0 aliphatic rings. The molecule has 0 aliphatic heterocycles. The van der Waals surface area contributed by atoms with Gasteiger partial charge in [0, 0.05) is 0 Å². The lowest BCUT2D eigenvalue weighted by molar-refractivity contribution is -0.253. The molecule has 0 aromatic heterocycles. The summed E-state index contributed by atoms with van der Waals surface area (Å²) in [6, 6.07) is 4.56. The monoisotopic (exact) mass is 373 g/mol. The Bertz CT molecular complexity index is 598. The zero-order valence-electron chi connectivity index (χ0n) is 13.3. The number of hydrogen-bond acceptors (Lipinski definition) is 3. The lowest BCUT2D eigenvalue weighted by atomic mass is 10.0. The Morgan fingerprint density at radius 2 is 1.84 bits per heavy atom. The molecule has 0 aliphatic carbocycles. The number of halogens is 6. The number of amides is 1. The third kappa shape index (κ3) is 6.81. The first-order valence-electron chi connectivity index (χ1n) is 7.09. The summed E-state index contributed by atoms with van der Waals surface area (Å²) < 4.78 is 78.6. The van der Waals surface area contributed by atoms with Gasteiger partial charge in [0.2, 0.25) is 5.91 Å². The molecule has 1 aromatic carbocycles. The van der Waals surface area contributed by atoms with Crippen molar-refractivity contribution in [2.45, 2.75) is 44.3 Å². The summed E-state index contributed by atoms with van der Waals surface area (Å²) in [5, 5.41) is 11.5. The highest BCUT2D eigenvalue weighted by molar-refractivity contribution is 5.77. The van der Waals surface area contributed by atoms with Crippen LogP contribution in [-0.2, 0) is 4.79 Å². The predicted octanol–water partition coefficient (Wildman–Crippen LogP) is 3.51. The third-order valence-corrected chi connectivity index (χ3v) is 3.25. The fourth-order valence-electron chi connectivity index (χ4n) is 1.83. The summed E-state index contributed by atoms with van der Waals surface area (Å²) in [6.45, 7) is 0.414. The Kier molecular flexibility index (Phi) is 6.33. The molecule has 2 atom stereocenters. The SMILES string of the molecule is C[C@H](NC(=O)C[C@@](C)(O)C(F)(F)F)c1cccc(OCC(F)(F)F)c1. The quantitative estimate of drug-likeness (QED) is 0.751. The summed E-state index contributed by atoms with van der Waals surface area (Å²) in [5.41, 5.74) is -2.85. The summed E-state index contributed by atoms with van der Waals surface area (Å²) >= 11 is 0. The van der Waals surface area contributed by atoms with Crippen molar-refractivity contribution < 1.29 is 41.0 Å². The zero-order chi connectivity index (χ0) is 19.5. The first-order valence-corrected chi connectivity index (χ1v) is 7.09. The molecule has 0 fully saturated rings. The van der Waals surface area contributed by atoms with Crippen LogP contribution in [0.4, 0.5) is 26.3 Å². The van der Waals surface area contributed by atoms with Gasteiger partial charge < -0.3 is 15.2 Å². The summed E-state index contributed by atoms with van der Waals surface area (Å²) in [6.07, 6.45) is -10.7. The molecular weight excluding hydrogens is 356 g/mol. The minimum Gasteiger partial charge on any atom is -0.484 e. The molecule has 25 heavy (non-hydrogen) atoms. The van der Waals surface area contributed by atoms with Gasteiger partial charge in [0.25, 0.3) is 0 Å². The average molecular weight is 373 g/mol. The smallest absolute Gasteiger partial charge is 0.422 e. The van der Waals surface area contributed by atoms with Crippen molar-refractivity contribution >= 4 is 5.91 Å². The third-order valence-electron chi connectivity index (χ3n) is 3.25.